The second-order valence-electron chi connectivity index (χ2n) is 11.9. The van der Waals surface area contributed by atoms with Crippen LogP contribution in [0.3, 0.4) is 0 Å². The Labute approximate surface area is 249 Å². The molecule has 2 aromatic rings. The van der Waals surface area contributed by atoms with Crippen molar-refractivity contribution >= 4 is 22.9 Å². The van der Waals surface area contributed by atoms with Crippen molar-refractivity contribution in [3.8, 4) is 5.75 Å². The van der Waals surface area contributed by atoms with Gasteiger partial charge in [0.15, 0.2) is 0 Å². The molecule has 6 heteroatoms. The van der Waals surface area contributed by atoms with E-state index in [4.69, 9.17) is 9.15 Å². The Hall–Kier alpha value is -3.93. The monoisotopic (exact) mass is 572 g/mol. The SMILES string of the molecule is CCCCCCc1cc2cc(C(=O)O)c(=O)oc2cc1OC(=O)C=C(C)C=CC=C(C)C=CC1=C(C)CCCC1(C)C. The van der Waals surface area contributed by atoms with E-state index >= 15 is 0 Å². The van der Waals surface area contributed by atoms with Crippen LogP contribution in [0, 0.1) is 5.41 Å². The zero-order chi connectivity index (χ0) is 30.9. The molecule has 0 amide bonds. The summed E-state index contributed by atoms with van der Waals surface area (Å²) in [7, 11) is 0. The lowest BCUT2D eigenvalue weighted by atomic mass is 9.72. The third-order valence-electron chi connectivity index (χ3n) is 7.78. The summed E-state index contributed by atoms with van der Waals surface area (Å²) in [5.41, 5.74) is 4.47. The molecule has 0 saturated heterocycles. The lowest BCUT2D eigenvalue weighted by Gasteiger charge is -2.32. The van der Waals surface area contributed by atoms with Gasteiger partial charge in [-0.15, -0.1) is 0 Å². The summed E-state index contributed by atoms with van der Waals surface area (Å²) in [6, 6.07) is 4.54. The van der Waals surface area contributed by atoms with Crippen molar-refractivity contribution in [1.82, 2.24) is 0 Å². The highest BCUT2D eigenvalue weighted by molar-refractivity contribution is 5.92. The van der Waals surface area contributed by atoms with Crippen molar-refractivity contribution in [3.05, 3.63) is 98.5 Å². The fourth-order valence-electron chi connectivity index (χ4n) is 5.38. The van der Waals surface area contributed by atoms with Gasteiger partial charge in [-0.2, -0.15) is 0 Å². The van der Waals surface area contributed by atoms with Crippen molar-refractivity contribution in [2.75, 3.05) is 0 Å². The molecule has 1 N–H and O–H groups in total. The Morgan fingerprint density at radius 3 is 2.52 bits per heavy atom. The minimum absolute atomic E-state index is 0.168. The number of rotatable bonds is 12. The Balaban J connectivity index is 1.76. The molecule has 0 spiro atoms. The summed E-state index contributed by atoms with van der Waals surface area (Å²) in [5.74, 6) is -1.58. The normalized spacial score (nSPS) is 16.1. The second kappa shape index (κ2) is 14.8. The van der Waals surface area contributed by atoms with Crippen LogP contribution >= 0.6 is 0 Å². The van der Waals surface area contributed by atoms with E-state index < -0.39 is 23.1 Å². The Morgan fingerprint density at radius 2 is 1.83 bits per heavy atom. The van der Waals surface area contributed by atoms with E-state index in [1.165, 1.54) is 42.2 Å². The fraction of sp³-hybridized carbons (Fsp3) is 0.417. The number of allylic oxidation sites excluding steroid dienone is 9. The molecule has 1 aromatic carbocycles. The number of aromatic carboxylic acids is 1. The third kappa shape index (κ3) is 9.04. The van der Waals surface area contributed by atoms with E-state index in [-0.39, 0.29) is 11.0 Å². The van der Waals surface area contributed by atoms with Gasteiger partial charge in [0.2, 0.25) is 0 Å². The van der Waals surface area contributed by atoms with Crippen LogP contribution in [0.2, 0.25) is 0 Å². The standard InChI is InChI=1S/C36H44O6/c1-7-8-9-10-16-27-21-28-22-29(34(38)39)35(40)42-32(28)23-31(27)41-33(37)20-25(3)14-11-13-24(2)17-18-30-26(4)15-12-19-36(30,5)6/h11,13-14,17-18,20-23H,7-10,12,15-16,19H2,1-6H3,(H,38,39). The fourth-order valence-corrected chi connectivity index (χ4v) is 5.38. The topological polar surface area (TPSA) is 93.8 Å². The second-order valence-corrected chi connectivity index (χ2v) is 11.9. The number of fused-ring (bicyclic) bond motifs is 1. The molecule has 0 radical (unpaired) electrons. The molecule has 0 fully saturated rings. The summed E-state index contributed by atoms with van der Waals surface area (Å²) >= 11 is 0. The largest absolute Gasteiger partial charge is 0.477 e. The van der Waals surface area contributed by atoms with Gasteiger partial charge in [0, 0.05) is 17.5 Å². The predicted molar refractivity (Wildman–Crippen MR) is 169 cm³/mol. The van der Waals surface area contributed by atoms with E-state index in [9.17, 15) is 19.5 Å². The van der Waals surface area contributed by atoms with Crippen molar-refractivity contribution in [2.24, 2.45) is 5.41 Å². The molecule has 0 atom stereocenters. The minimum Gasteiger partial charge on any atom is -0.477 e. The molecule has 1 aliphatic carbocycles. The molecule has 0 bridgehead atoms. The lowest BCUT2D eigenvalue weighted by Crippen LogP contribution is -2.19. The molecular weight excluding hydrogens is 528 g/mol. The van der Waals surface area contributed by atoms with Gasteiger partial charge in [-0.05, 0) is 87.1 Å². The summed E-state index contributed by atoms with van der Waals surface area (Å²) in [5, 5.41) is 9.78. The quantitative estimate of drug-likeness (QED) is 0.0681. The van der Waals surface area contributed by atoms with Crippen molar-refractivity contribution in [1.29, 1.82) is 0 Å². The molecule has 6 nitrogen and oxygen atoms in total. The number of ether oxygens (including phenoxy) is 1. The molecule has 0 unspecified atom stereocenters. The smallest absolute Gasteiger partial charge is 0.351 e. The maximum absolute atomic E-state index is 12.8. The summed E-state index contributed by atoms with van der Waals surface area (Å²) in [6.07, 6.45) is 19.9. The van der Waals surface area contributed by atoms with Gasteiger partial charge in [0.25, 0.3) is 0 Å². The molecule has 0 saturated carbocycles. The third-order valence-corrected chi connectivity index (χ3v) is 7.78. The van der Waals surface area contributed by atoms with Gasteiger partial charge in [0.1, 0.15) is 16.9 Å². The highest BCUT2D eigenvalue weighted by Gasteiger charge is 2.26. The number of aryl methyl sites for hydroxylation is 1. The van der Waals surface area contributed by atoms with Crippen LogP contribution in [0.1, 0.15) is 102 Å². The maximum atomic E-state index is 12.8. The average Bonchev–Trinajstić information content (AvgIpc) is 2.90. The van der Waals surface area contributed by atoms with Gasteiger partial charge in [0.05, 0.1) is 0 Å². The highest BCUT2D eigenvalue weighted by Crippen LogP contribution is 2.40. The molecule has 3 rings (SSSR count). The first-order chi connectivity index (χ1) is 19.9. The number of carbonyl (C=O) groups is 2. The number of unbranched alkanes of at least 4 members (excludes halogenated alkanes) is 3. The van der Waals surface area contributed by atoms with Crippen LogP contribution < -0.4 is 10.4 Å². The Kier molecular flexibility index (Phi) is 11.5. The molecule has 42 heavy (non-hydrogen) atoms. The molecule has 1 heterocycles. The van der Waals surface area contributed by atoms with E-state index in [0.29, 0.717) is 17.6 Å². The minimum atomic E-state index is -1.35. The van der Waals surface area contributed by atoms with Gasteiger partial charge < -0.3 is 14.3 Å². The van der Waals surface area contributed by atoms with Crippen LogP contribution in [-0.2, 0) is 11.2 Å². The Bertz CT molecular complexity index is 1520. The van der Waals surface area contributed by atoms with Crippen LogP contribution in [-0.4, -0.2) is 17.0 Å². The van der Waals surface area contributed by atoms with Gasteiger partial charge >= 0.3 is 17.6 Å². The van der Waals surface area contributed by atoms with E-state index in [1.807, 2.05) is 25.2 Å². The maximum Gasteiger partial charge on any atom is 0.351 e. The first-order valence-corrected chi connectivity index (χ1v) is 14.9. The van der Waals surface area contributed by atoms with Crippen molar-refractivity contribution in [2.45, 2.75) is 92.9 Å². The number of carbonyl (C=O) groups excluding carboxylic acids is 1. The summed E-state index contributed by atoms with van der Waals surface area (Å²) in [4.78, 5) is 36.3. The molecule has 1 aliphatic rings. The first-order valence-electron chi connectivity index (χ1n) is 14.9. The molecule has 0 aliphatic heterocycles. The molecule has 224 valence electrons. The number of hydrogen-bond donors (Lipinski definition) is 1. The predicted octanol–water partition coefficient (Wildman–Crippen LogP) is 9.05. The summed E-state index contributed by atoms with van der Waals surface area (Å²) < 4.78 is 10.9. The van der Waals surface area contributed by atoms with Crippen molar-refractivity contribution < 1.29 is 23.8 Å². The van der Waals surface area contributed by atoms with Gasteiger partial charge in [-0.25, -0.2) is 14.4 Å². The van der Waals surface area contributed by atoms with E-state index in [1.54, 1.807) is 6.07 Å². The number of esters is 1. The number of benzene rings is 1. The van der Waals surface area contributed by atoms with Crippen LogP contribution in [0.4, 0.5) is 0 Å². The number of carboxylic acid groups (broad SMARTS) is 1. The van der Waals surface area contributed by atoms with E-state index in [0.717, 1.165) is 48.8 Å². The average molecular weight is 573 g/mol. The number of hydrogen-bond acceptors (Lipinski definition) is 5. The summed E-state index contributed by atoms with van der Waals surface area (Å²) in [6.45, 7) is 12.9. The van der Waals surface area contributed by atoms with Crippen LogP contribution in [0.25, 0.3) is 11.0 Å². The van der Waals surface area contributed by atoms with Gasteiger partial charge in [-0.3, -0.25) is 0 Å². The zero-order valence-electron chi connectivity index (χ0n) is 25.8. The van der Waals surface area contributed by atoms with E-state index in [2.05, 4.69) is 46.8 Å². The zero-order valence-corrected chi connectivity index (χ0v) is 25.8. The molecular formula is C36H44O6. The Morgan fingerprint density at radius 1 is 1.07 bits per heavy atom. The van der Waals surface area contributed by atoms with Crippen LogP contribution in [0.15, 0.2) is 86.2 Å². The van der Waals surface area contributed by atoms with Crippen molar-refractivity contribution in [3.63, 3.8) is 0 Å². The lowest BCUT2D eigenvalue weighted by molar-refractivity contribution is -0.129. The van der Waals surface area contributed by atoms with Gasteiger partial charge in [-0.1, -0.05) is 81.6 Å². The van der Waals surface area contributed by atoms with Crippen LogP contribution in [0.5, 0.6) is 5.75 Å². The highest BCUT2D eigenvalue weighted by atomic mass is 16.5. The first kappa shape index (κ1) is 32.6. The molecule has 1 aromatic heterocycles. The number of carboxylic acids is 1.